The highest BCUT2D eigenvalue weighted by Crippen LogP contribution is 2.15. The summed E-state index contributed by atoms with van der Waals surface area (Å²) in [7, 11) is 0. The lowest BCUT2D eigenvalue weighted by atomic mass is 10.1. The minimum atomic E-state index is -1.09. The van der Waals surface area contributed by atoms with Gasteiger partial charge in [0.05, 0.1) is 6.61 Å². The van der Waals surface area contributed by atoms with Gasteiger partial charge in [-0.15, -0.1) is 0 Å². The van der Waals surface area contributed by atoms with E-state index in [1.165, 1.54) is 6.07 Å². The van der Waals surface area contributed by atoms with Crippen LogP contribution >= 0.6 is 0 Å². The summed E-state index contributed by atoms with van der Waals surface area (Å²) >= 11 is 0. The Bertz CT molecular complexity index is 547. The summed E-state index contributed by atoms with van der Waals surface area (Å²) in [6.45, 7) is 0.498. The second-order valence-corrected chi connectivity index (χ2v) is 3.80. The summed E-state index contributed by atoms with van der Waals surface area (Å²) in [5.74, 6) is -0.784. The molecule has 5 heteroatoms. The third kappa shape index (κ3) is 2.89. The number of carboxylic acid groups (broad SMARTS) is 1. The Morgan fingerprint density at radius 3 is 2.67 bits per heavy atom. The number of carboxylic acids is 1. The third-order valence-electron chi connectivity index (χ3n) is 2.46. The zero-order chi connectivity index (χ0) is 13.0. The molecule has 0 saturated carbocycles. The van der Waals surface area contributed by atoms with Crippen LogP contribution in [0.15, 0.2) is 40.8 Å². The summed E-state index contributed by atoms with van der Waals surface area (Å²) < 4.78 is 5.06. The van der Waals surface area contributed by atoms with E-state index in [-0.39, 0.29) is 12.4 Å². The summed E-state index contributed by atoms with van der Waals surface area (Å²) in [6.07, 6.45) is 0. The molecule has 1 heterocycles. The van der Waals surface area contributed by atoms with E-state index in [1.54, 1.807) is 6.07 Å². The van der Waals surface area contributed by atoms with Crippen LogP contribution in [-0.4, -0.2) is 16.2 Å². The lowest BCUT2D eigenvalue weighted by molar-refractivity contribution is 0.0663. The Hall–Kier alpha value is -2.27. The van der Waals surface area contributed by atoms with Crippen molar-refractivity contribution in [2.75, 3.05) is 5.32 Å². The average Bonchev–Trinajstić information content (AvgIpc) is 2.85. The van der Waals surface area contributed by atoms with Crippen LogP contribution in [0, 0.1) is 0 Å². The van der Waals surface area contributed by atoms with E-state index in [0.717, 1.165) is 11.1 Å². The smallest absolute Gasteiger partial charge is 0.371 e. The van der Waals surface area contributed by atoms with Crippen LogP contribution in [0.4, 0.5) is 5.88 Å². The molecular weight excluding hydrogens is 234 g/mol. The van der Waals surface area contributed by atoms with Gasteiger partial charge in [0, 0.05) is 12.6 Å². The van der Waals surface area contributed by atoms with E-state index >= 15 is 0 Å². The molecule has 0 aliphatic rings. The zero-order valence-electron chi connectivity index (χ0n) is 9.59. The number of carbonyl (C=O) groups is 1. The molecule has 18 heavy (non-hydrogen) atoms. The molecule has 0 saturated heterocycles. The molecule has 0 unspecified atom stereocenters. The highest BCUT2D eigenvalue weighted by molar-refractivity contribution is 5.84. The highest BCUT2D eigenvalue weighted by Gasteiger charge is 2.08. The van der Waals surface area contributed by atoms with Gasteiger partial charge in [0.1, 0.15) is 0 Å². The minimum absolute atomic E-state index is 0.00223. The molecule has 3 N–H and O–H groups in total. The van der Waals surface area contributed by atoms with Gasteiger partial charge in [-0.1, -0.05) is 24.3 Å². The number of anilines is 1. The second kappa shape index (κ2) is 5.37. The fraction of sp³-hybridized carbons (Fsp3) is 0.154. The number of aliphatic hydroxyl groups excluding tert-OH is 1. The Morgan fingerprint density at radius 2 is 2.00 bits per heavy atom. The van der Waals surface area contributed by atoms with Crippen molar-refractivity contribution in [3.63, 3.8) is 0 Å². The first-order valence-electron chi connectivity index (χ1n) is 5.44. The third-order valence-corrected chi connectivity index (χ3v) is 2.46. The van der Waals surface area contributed by atoms with E-state index < -0.39 is 5.97 Å². The van der Waals surface area contributed by atoms with Crippen LogP contribution in [0.25, 0.3) is 0 Å². The van der Waals surface area contributed by atoms with Gasteiger partial charge < -0.3 is 19.9 Å². The fourth-order valence-electron chi connectivity index (χ4n) is 1.57. The number of aliphatic hydroxyl groups is 1. The van der Waals surface area contributed by atoms with Crippen molar-refractivity contribution in [1.29, 1.82) is 0 Å². The van der Waals surface area contributed by atoms with Crippen molar-refractivity contribution in [2.24, 2.45) is 0 Å². The molecular formula is C13H13NO4. The molecule has 5 nitrogen and oxygen atoms in total. The molecule has 0 bridgehead atoms. The number of hydrogen-bond acceptors (Lipinski definition) is 4. The van der Waals surface area contributed by atoms with Gasteiger partial charge in [-0.05, 0) is 17.2 Å². The topological polar surface area (TPSA) is 82.7 Å². The molecule has 2 rings (SSSR count). The number of nitrogens with one attached hydrogen (secondary N) is 1. The van der Waals surface area contributed by atoms with E-state index in [2.05, 4.69) is 5.32 Å². The first kappa shape index (κ1) is 12.2. The van der Waals surface area contributed by atoms with Gasteiger partial charge in [-0.2, -0.15) is 0 Å². The quantitative estimate of drug-likeness (QED) is 0.753. The normalized spacial score (nSPS) is 10.3. The Labute approximate surface area is 104 Å². The summed E-state index contributed by atoms with van der Waals surface area (Å²) in [6, 6.07) is 10.4. The van der Waals surface area contributed by atoms with E-state index in [9.17, 15) is 4.79 Å². The fourth-order valence-corrected chi connectivity index (χ4v) is 1.57. The average molecular weight is 247 g/mol. The SMILES string of the molecule is O=C(O)c1ccc(NCc2cccc(CO)c2)o1. The van der Waals surface area contributed by atoms with E-state index in [1.807, 2.05) is 24.3 Å². The lowest BCUT2D eigenvalue weighted by Crippen LogP contribution is -1.99. The van der Waals surface area contributed by atoms with Crippen molar-refractivity contribution in [3.05, 3.63) is 53.3 Å². The lowest BCUT2D eigenvalue weighted by Gasteiger charge is -2.04. The van der Waals surface area contributed by atoms with Crippen molar-refractivity contribution in [3.8, 4) is 0 Å². The number of furan rings is 1. The summed E-state index contributed by atoms with van der Waals surface area (Å²) in [4.78, 5) is 10.6. The largest absolute Gasteiger partial charge is 0.475 e. The monoisotopic (exact) mass is 247 g/mol. The predicted octanol–water partition coefficient (Wildman–Crippen LogP) is 2.08. The van der Waals surface area contributed by atoms with Crippen molar-refractivity contribution in [1.82, 2.24) is 0 Å². The molecule has 0 atom stereocenters. The summed E-state index contributed by atoms with van der Waals surface area (Å²) in [5.41, 5.74) is 1.81. The number of benzene rings is 1. The maximum atomic E-state index is 10.6. The van der Waals surface area contributed by atoms with Crippen LogP contribution in [0.1, 0.15) is 21.7 Å². The van der Waals surface area contributed by atoms with Crippen molar-refractivity contribution < 1.29 is 19.4 Å². The first-order valence-corrected chi connectivity index (χ1v) is 5.44. The molecule has 0 amide bonds. The van der Waals surface area contributed by atoms with Gasteiger partial charge in [0.2, 0.25) is 5.76 Å². The van der Waals surface area contributed by atoms with Crippen molar-refractivity contribution >= 4 is 11.9 Å². The van der Waals surface area contributed by atoms with Gasteiger partial charge in [-0.25, -0.2) is 4.79 Å². The number of rotatable bonds is 5. The molecule has 94 valence electrons. The number of hydrogen-bond donors (Lipinski definition) is 3. The second-order valence-electron chi connectivity index (χ2n) is 3.80. The first-order chi connectivity index (χ1) is 8.69. The maximum Gasteiger partial charge on any atom is 0.371 e. The molecule has 0 spiro atoms. The Morgan fingerprint density at radius 1 is 1.22 bits per heavy atom. The van der Waals surface area contributed by atoms with Gasteiger partial charge in [-0.3, -0.25) is 0 Å². The Kier molecular flexibility index (Phi) is 3.64. The Balaban J connectivity index is 1.99. The molecule has 2 aromatic rings. The number of aromatic carboxylic acids is 1. The van der Waals surface area contributed by atoms with Crippen LogP contribution in [0.3, 0.4) is 0 Å². The minimum Gasteiger partial charge on any atom is -0.475 e. The van der Waals surface area contributed by atoms with Crippen LogP contribution in [0.5, 0.6) is 0 Å². The predicted molar refractivity (Wildman–Crippen MR) is 65.4 cm³/mol. The zero-order valence-corrected chi connectivity index (χ0v) is 9.59. The van der Waals surface area contributed by atoms with Gasteiger partial charge in [0.25, 0.3) is 0 Å². The maximum absolute atomic E-state index is 10.6. The van der Waals surface area contributed by atoms with E-state index in [4.69, 9.17) is 14.6 Å². The van der Waals surface area contributed by atoms with Crippen molar-refractivity contribution in [2.45, 2.75) is 13.2 Å². The van der Waals surface area contributed by atoms with Crippen LogP contribution < -0.4 is 5.32 Å². The molecule has 1 aromatic carbocycles. The highest BCUT2D eigenvalue weighted by atomic mass is 16.4. The van der Waals surface area contributed by atoms with E-state index in [0.29, 0.717) is 12.4 Å². The molecule has 0 aliphatic carbocycles. The van der Waals surface area contributed by atoms with Gasteiger partial charge in [0.15, 0.2) is 5.88 Å². The molecule has 0 aliphatic heterocycles. The van der Waals surface area contributed by atoms with Crippen LogP contribution in [0.2, 0.25) is 0 Å². The summed E-state index contributed by atoms with van der Waals surface area (Å²) in [5, 5.41) is 20.7. The standard InChI is InChI=1S/C13H13NO4/c15-8-10-3-1-2-9(6-10)7-14-12-5-4-11(18-12)13(16)17/h1-6,14-15H,7-8H2,(H,16,17). The van der Waals surface area contributed by atoms with Crippen LogP contribution in [-0.2, 0) is 13.2 Å². The molecule has 1 aromatic heterocycles. The molecule has 0 radical (unpaired) electrons. The van der Waals surface area contributed by atoms with Gasteiger partial charge >= 0.3 is 5.97 Å². The molecule has 0 fully saturated rings.